The van der Waals surface area contributed by atoms with Crippen molar-refractivity contribution in [1.82, 2.24) is 9.88 Å². The molecule has 0 atom stereocenters. The highest BCUT2D eigenvalue weighted by atomic mass is 32.1. The SMILES string of the molecule is COc1ccc(CCC(=O)N2CCc3nc(NC(=O)C4CC4)sc3C2)cc1. The predicted octanol–water partition coefficient (Wildman–Crippen LogP) is 3.02. The number of amides is 2. The molecular weight excluding hydrogens is 362 g/mol. The van der Waals surface area contributed by atoms with E-state index in [-0.39, 0.29) is 17.7 Å². The van der Waals surface area contributed by atoms with Crippen LogP contribution in [0.2, 0.25) is 0 Å². The van der Waals surface area contributed by atoms with Crippen molar-refractivity contribution in [2.24, 2.45) is 5.92 Å². The van der Waals surface area contributed by atoms with Gasteiger partial charge in [0, 0.05) is 30.2 Å². The lowest BCUT2D eigenvalue weighted by Gasteiger charge is -2.26. The third-order valence-corrected chi connectivity index (χ3v) is 6.05. The van der Waals surface area contributed by atoms with Crippen LogP contribution in [-0.2, 0) is 29.0 Å². The molecule has 2 amide bonds. The quantitative estimate of drug-likeness (QED) is 0.830. The van der Waals surface area contributed by atoms with Gasteiger partial charge in [-0.05, 0) is 37.0 Å². The molecule has 2 heterocycles. The van der Waals surface area contributed by atoms with E-state index in [0.29, 0.717) is 24.6 Å². The highest BCUT2D eigenvalue weighted by Crippen LogP contribution is 2.33. The second-order valence-electron chi connectivity index (χ2n) is 7.07. The molecule has 0 saturated heterocycles. The first kappa shape index (κ1) is 18.0. The Bertz CT molecular complexity index is 843. The molecule has 1 fully saturated rings. The summed E-state index contributed by atoms with van der Waals surface area (Å²) < 4.78 is 5.16. The number of carbonyl (C=O) groups is 2. The fourth-order valence-electron chi connectivity index (χ4n) is 3.22. The average molecular weight is 385 g/mol. The maximum atomic E-state index is 12.6. The van der Waals surface area contributed by atoms with Crippen LogP contribution in [0.15, 0.2) is 24.3 Å². The largest absolute Gasteiger partial charge is 0.497 e. The second kappa shape index (κ2) is 7.68. The lowest BCUT2D eigenvalue weighted by atomic mass is 10.1. The summed E-state index contributed by atoms with van der Waals surface area (Å²) in [6.07, 6.45) is 3.92. The molecule has 0 spiro atoms. The van der Waals surface area contributed by atoms with Gasteiger partial charge in [0.2, 0.25) is 11.8 Å². The molecule has 1 aromatic heterocycles. The Morgan fingerprint density at radius 2 is 2.07 bits per heavy atom. The zero-order valence-electron chi connectivity index (χ0n) is 15.4. The van der Waals surface area contributed by atoms with Crippen LogP contribution >= 0.6 is 11.3 Å². The maximum absolute atomic E-state index is 12.6. The number of benzene rings is 1. The molecule has 7 heteroatoms. The molecule has 0 unspecified atom stereocenters. The number of carbonyl (C=O) groups excluding carboxylic acids is 2. The maximum Gasteiger partial charge on any atom is 0.229 e. The molecule has 142 valence electrons. The van der Waals surface area contributed by atoms with E-state index in [4.69, 9.17) is 4.74 Å². The van der Waals surface area contributed by atoms with Gasteiger partial charge in [0.25, 0.3) is 0 Å². The molecule has 0 radical (unpaired) electrons. The molecule has 1 aromatic carbocycles. The van der Waals surface area contributed by atoms with Crippen LogP contribution in [-0.4, -0.2) is 35.4 Å². The van der Waals surface area contributed by atoms with Crippen LogP contribution in [0, 0.1) is 5.92 Å². The van der Waals surface area contributed by atoms with Crippen LogP contribution in [0.5, 0.6) is 5.75 Å². The van der Waals surface area contributed by atoms with Crippen LogP contribution in [0.1, 0.15) is 35.4 Å². The average Bonchev–Trinajstić information content (AvgIpc) is 3.46. The van der Waals surface area contributed by atoms with Gasteiger partial charge in [-0.15, -0.1) is 0 Å². The zero-order chi connectivity index (χ0) is 18.8. The Morgan fingerprint density at radius 3 is 2.78 bits per heavy atom. The van der Waals surface area contributed by atoms with Crippen molar-refractivity contribution in [2.45, 2.75) is 38.6 Å². The van der Waals surface area contributed by atoms with Crippen molar-refractivity contribution < 1.29 is 14.3 Å². The fourth-order valence-corrected chi connectivity index (χ4v) is 4.24. The van der Waals surface area contributed by atoms with Gasteiger partial charge >= 0.3 is 0 Å². The molecule has 2 aliphatic rings. The van der Waals surface area contributed by atoms with Crippen molar-refractivity contribution in [3.63, 3.8) is 0 Å². The van der Waals surface area contributed by atoms with E-state index in [1.165, 1.54) is 11.3 Å². The molecule has 0 bridgehead atoms. The van der Waals surface area contributed by atoms with Gasteiger partial charge < -0.3 is 15.0 Å². The minimum atomic E-state index is 0.0773. The normalized spacial score (nSPS) is 16.0. The number of thiazole rings is 1. The van der Waals surface area contributed by atoms with Crippen molar-refractivity contribution >= 4 is 28.3 Å². The number of anilines is 1. The Balaban J connectivity index is 1.32. The number of fused-ring (bicyclic) bond motifs is 1. The van der Waals surface area contributed by atoms with Crippen LogP contribution in [0.3, 0.4) is 0 Å². The number of methoxy groups -OCH3 is 1. The summed E-state index contributed by atoms with van der Waals surface area (Å²) >= 11 is 1.50. The molecular formula is C20H23N3O3S. The Morgan fingerprint density at radius 1 is 1.30 bits per heavy atom. The van der Waals surface area contributed by atoms with Crippen LogP contribution in [0.25, 0.3) is 0 Å². The minimum Gasteiger partial charge on any atom is -0.497 e. The molecule has 1 saturated carbocycles. The van der Waals surface area contributed by atoms with Gasteiger partial charge in [0.15, 0.2) is 5.13 Å². The Kier molecular flexibility index (Phi) is 5.11. The first-order valence-corrected chi connectivity index (χ1v) is 10.1. The predicted molar refractivity (Wildman–Crippen MR) is 104 cm³/mol. The van der Waals surface area contributed by atoms with Gasteiger partial charge in [0.1, 0.15) is 5.75 Å². The van der Waals surface area contributed by atoms with E-state index in [0.717, 1.165) is 47.6 Å². The number of hydrogen-bond acceptors (Lipinski definition) is 5. The topological polar surface area (TPSA) is 71.5 Å². The molecule has 1 aliphatic carbocycles. The molecule has 6 nitrogen and oxygen atoms in total. The summed E-state index contributed by atoms with van der Waals surface area (Å²) in [4.78, 5) is 32.0. The van der Waals surface area contributed by atoms with Crippen molar-refractivity contribution in [3.05, 3.63) is 40.4 Å². The van der Waals surface area contributed by atoms with Gasteiger partial charge in [-0.25, -0.2) is 4.98 Å². The van der Waals surface area contributed by atoms with E-state index in [9.17, 15) is 9.59 Å². The lowest BCUT2D eigenvalue weighted by Crippen LogP contribution is -2.35. The lowest BCUT2D eigenvalue weighted by molar-refractivity contribution is -0.132. The van der Waals surface area contributed by atoms with Crippen molar-refractivity contribution in [3.8, 4) is 5.75 Å². The number of rotatable bonds is 6. The number of aryl methyl sites for hydroxylation is 1. The summed E-state index contributed by atoms with van der Waals surface area (Å²) in [7, 11) is 1.64. The number of hydrogen-bond donors (Lipinski definition) is 1. The molecule has 4 rings (SSSR count). The number of aromatic nitrogens is 1. The fraction of sp³-hybridized carbons (Fsp3) is 0.450. The van der Waals surface area contributed by atoms with Gasteiger partial charge in [-0.3, -0.25) is 9.59 Å². The van der Waals surface area contributed by atoms with Crippen LogP contribution < -0.4 is 10.1 Å². The van der Waals surface area contributed by atoms with E-state index in [2.05, 4.69) is 10.3 Å². The number of nitrogens with one attached hydrogen (secondary N) is 1. The zero-order valence-corrected chi connectivity index (χ0v) is 16.2. The third-order valence-electron chi connectivity index (χ3n) is 5.05. The van der Waals surface area contributed by atoms with Gasteiger partial charge in [0.05, 0.1) is 19.3 Å². The highest BCUT2D eigenvalue weighted by Gasteiger charge is 2.31. The first-order chi connectivity index (χ1) is 13.1. The summed E-state index contributed by atoms with van der Waals surface area (Å²) in [5.74, 6) is 1.23. The summed E-state index contributed by atoms with van der Waals surface area (Å²) in [5, 5.41) is 3.59. The monoisotopic (exact) mass is 385 g/mol. The highest BCUT2D eigenvalue weighted by molar-refractivity contribution is 7.15. The molecule has 2 aromatic rings. The summed E-state index contributed by atoms with van der Waals surface area (Å²) in [6, 6.07) is 7.83. The summed E-state index contributed by atoms with van der Waals surface area (Å²) in [5.41, 5.74) is 2.15. The van der Waals surface area contributed by atoms with Crippen LogP contribution in [0.4, 0.5) is 5.13 Å². The van der Waals surface area contributed by atoms with E-state index < -0.39 is 0 Å². The van der Waals surface area contributed by atoms with E-state index in [1.54, 1.807) is 7.11 Å². The third kappa shape index (κ3) is 4.30. The second-order valence-corrected chi connectivity index (χ2v) is 8.15. The van der Waals surface area contributed by atoms with Gasteiger partial charge in [-0.1, -0.05) is 23.5 Å². The Hall–Kier alpha value is -2.41. The summed E-state index contributed by atoms with van der Waals surface area (Å²) in [6.45, 7) is 1.28. The minimum absolute atomic E-state index is 0.0773. The standard InChI is InChI=1S/C20H23N3O3S/c1-26-15-7-2-13(3-8-15)4-9-18(24)23-11-10-16-17(12-23)27-20(21-16)22-19(25)14-5-6-14/h2-3,7-8,14H,4-6,9-12H2,1H3,(H,21,22,25). The molecule has 1 N–H and O–H groups in total. The smallest absolute Gasteiger partial charge is 0.229 e. The van der Waals surface area contributed by atoms with E-state index >= 15 is 0 Å². The first-order valence-electron chi connectivity index (χ1n) is 9.32. The number of nitrogens with zero attached hydrogens (tertiary/aromatic N) is 2. The molecule has 27 heavy (non-hydrogen) atoms. The Labute approximate surface area is 162 Å². The van der Waals surface area contributed by atoms with Crippen molar-refractivity contribution in [1.29, 1.82) is 0 Å². The number of ether oxygens (including phenoxy) is 1. The van der Waals surface area contributed by atoms with Crippen molar-refractivity contribution in [2.75, 3.05) is 19.0 Å². The van der Waals surface area contributed by atoms with Gasteiger partial charge in [-0.2, -0.15) is 0 Å². The van der Waals surface area contributed by atoms with E-state index in [1.807, 2.05) is 29.2 Å². The molecule has 1 aliphatic heterocycles.